The first-order valence-electron chi connectivity index (χ1n) is 6.41. The Morgan fingerprint density at radius 2 is 2.11 bits per heavy atom. The van der Waals surface area contributed by atoms with E-state index in [2.05, 4.69) is 0 Å². The van der Waals surface area contributed by atoms with Crippen LogP contribution < -0.4 is 4.74 Å². The quantitative estimate of drug-likeness (QED) is 0.788. The summed E-state index contributed by atoms with van der Waals surface area (Å²) in [6, 6.07) is 4.57. The van der Waals surface area contributed by atoms with Crippen molar-refractivity contribution in [2.45, 2.75) is 19.8 Å². The summed E-state index contributed by atoms with van der Waals surface area (Å²) in [5.74, 6) is 0.114. The van der Waals surface area contributed by atoms with E-state index in [1.807, 2.05) is 6.92 Å². The average Bonchev–Trinajstić information content (AvgIpc) is 2.42. The molecule has 0 heterocycles. The van der Waals surface area contributed by atoms with E-state index in [-0.39, 0.29) is 30.4 Å². The minimum absolute atomic E-state index is 0.0909. The molecule has 0 bridgehead atoms. The number of methoxy groups -OCH3 is 1. The van der Waals surface area contributed by atoms with Crippen molar-refractivity contribution in [3.05, 3.63) is 23.8 Å². The van der Waals surface area contributed by atoms with Crippen LogP contribution in [0.2, 0.25) is 0 Å². The number of hydrogen-bond donors (Lipinski definition) is 2. The third kappa shape index (κ3) is 4.13. The van der Waals surface area contributed by atoms with Gasteiger partial charge in [-0.1, -0.05) is 13.3 Å². The first kappa shape index (κ1) is 15.3. The Morgan fingerprint density at radius 3 is 2.63 bits per heavy atom. The van der Waals surface area contributed by atoms with Crippen LogP contribution in [0.5, 0.6) is 11.5 Å². The van der Waals surface area contributed by atoms with E-state index in [4.69, 9.17) is 9.84 Å². The van der Waals surface area contributed by atoms with Crippen LogP contribution in [0, 0.1) is 0 Å². The topological polar surface area (TPSA) is 70.0 Å². The predicted molar refractivity (Wildman–Crippen MR) is 72.6 cm³/mol. The monoisotopic (exact) mass is 267 g/mol. The SMILES string of the molecule is CCCCN(CCO)C(=O)c1ccc(OC)cc1O. The van der Waals surface area contributed by atoms with E-state index in [1.54, 1.807) is 11.0 Å². The number of rotatable bonds is 7. The molecule has 1 aromatic rings. The second kappa shape index (κ2) is 7.63. The van der Waals surface area contributed by atoms with E-state index in [9.17, 15) is 9.90 Å². The molecule has 2 N–H and O–H groups in total. The number of amides is 1. The molecular formula is C14H21NO4. The Hall–Kier alpha value is -1.75. The Labute approximate surface area is 113 Å². The molecule has 0 atom stereocenters. The van der Waals surface area contributed by atoms with Crippen molar-refractivity contribution in [1.29, 1.82) is 0 Å². The molecule has 5 nitrogen and oxygen atoms in total. The van der Waals surface area contributed by atoms with Crippen LogP contribution in [-0.2, 0) is 0 Å². The number of benzene rings is 1. The summed E-state index contributed by atoms with van der Waals surface area (Å²) in [4.78, 5) is 13.8. The van der Waals surface area contributed by atoms with Gasteiger partial charge in [0, 0.05) is 19.2 Å². The Morgan fingerprint density at radius 1 is 1.37 bits per heavy atom. The molecule has 0 unspecified atom stereocenters. The van der Waals surface area contributed by atoms with Gasteiger partial charge in [-0.05, 0) is 18.6 Å². The molecule has 1 amide bonds. The third-order valence-electron chi connectivity index (χ3n) is 2.87. The smallest absolute Gasteiger partial charge is 0.257 e. The van der Waals surface area contributed by atoms with E-state index >= 15 is 0 Å². The van der Waals surface area contributed by atoms with E-state index in [0.717, 1.165) is 12.8 Å². The van der Waals surface area contributed by atoms with Crippen LogP contribution in [0.4, 0.5) is 0 Å². The normalized spacial score (nSPS) is 10.3. The summed E-state index contributed by atoms with van der Waals surface area (Å²) >= 11 is 0. The molecule has 1 rings (SSSR count). The summed E-state index contributed by atoms with van der Waals surface area (Å²) in [5.41, 5.74) is 0.227. The van der Waals surface area contributed by atoms with Gasteiger partial charge in [-0.25, -0.2) is 0 Å². The molecule has 0 spiro atoms. The number of aliphatic hydroxyl groups is 1. The molecule has 0 aliphatic carbocycles. The van der Waals surface area contributed by atoms with Crippen LogP contribution in [0.25, 0.3) is 0 Å². The summed E-state index contributed by atoms with van der Waals surface area (Å²) in [5, 5.41) is 18.9. The first-order valence-corrected chi connectivity index (χ1v) is 6.41. The van der Waals surface area contributed by atoms with Crippen molar-refractivity contribution >= 4 is 5.91 Å². The number of hydrogen-bond acceptors (Lipinski definition) is 4. The molecule has 0 aliphatic rings. The number of carbonyl (C=O) groups is 1. The van der Waals surface area contributed by atoms with Crippen LogP contribution in [0.3, 0.4) is 0 Å². The van der Waals surface area contributed by atoms with Crippen LogP contribution in [-0.4, -0.2) is 47.8 Å². The highest BCUT2D eigenvalue weighted by molar-refractivity contribution is 5.97. The molecule has 19 heavy (non-hydrogen) atoms. The lowest BCUT2D eigenvalue weighted by atomic mass is 10.1. The lowest BCUT2D eigenvalue weighted by molar-refractivity contribution is 0.0716. The highest BCUT2D eigenvalue weighted by Crippen LogP contribution is 2.24. The largest absolute Gasteiger partial charge is 0.507 e. The van der Waals surface area contributed by atoms with Gasteiger partial charge in [0.1, 0.15) is 11.5 Å². The Balaban J connectivity index is 2.89. The highest BCUT2D eigenvalue weighted by Gasteiger charge is 2.18. The molecule has 0 aliphatic heterocycles. The highest BCUT2D eigenvalue weighted by atomic mass is 16.5. The second-order valence-electron chi connectivity index (χ2n) is 4.25. The minimum Gasteiger partial charge on any atom is -0.507 e. The minimum atomic E-state index is -0.275. The number of aromatic hydroxyl groups is 1. The van der Waals surface area contributed by atoms with Gasteiger partial charge in [-0.15, -0.1) is 0 Å². The Kier molecular flexibility index (Phi) is 6.15. The maximum Gasteiger partial charge on any atom is 0.257 e. The summed E-state index contributed by atoms with van der Waals surface area (Å²) in [6.07, 6.45) is 1.83. The number of aliphatic hydroxyl groups excluding tert-OH is 1. The summed E-state index contributed by atoms with van der Waals surface area (Å²) < 4.78 is 4.98. The number of unbranched alkanes of at least 4 members (excludes halogenated alkanes) is 1. The first-order chi connectivity index (χ1) is 9.13. The van der Waals surface area contributed by atoms with Gasteiger partial charge in [0.2, 0.25) is 0 Å². The van der Waals surface area contributed by atoms with Gasteiger partial charge in [0.25, 0.3) is 5.91 Å². The zero-order chi connectivity index (χ0) is 14.3. The molecule has 0 saturated carbocycles. The molecule has 1 aromatic carbocycles. The number of ether oxygens (including phenoxy) is 1. The van der Waals surface area contributed by atoms with Crippen molar-refractivity contribution in [3.63, 3.8) is 0 Å². The Bertz CT molecular complexity index is 420. The zero-order valence-corrected chi connectivity index (χ0v) is 11.4. The fourth-order valence-corrected chi connectivity index (χ4v) is 1.77. The number of carbonyl (C=O) groups excluding carboxylic acids is 1. The molecule has 0 saturated heterocycles. The number of phenols is 1. The van der Waals surface area contributed by atoms with Gasteiger partial charge in [0.15, 0.2) is 0 Å². The predicted octanol–water partition coefficient (Wildman–Crippen LogP) is 1.64. The fourth-order valence-electron chi connectivity index (χ4n) is 1.77. The van der Waals surface area contributed by atoms with Gasteiger partial charge in [-0.3, -0.25) is 4.79 Å². The number of nitrogens with zero attached hydrogens (tertiary/aromatic N) is 1. The molecule has 106 valence electrons. The van der Waals surface area contributed by atoms with E-state index < -0.39 is 0 Å². The lowest BCUT2D eigenvalue weighted by Gasteiger charge is -2.22. The van der Waals surface area contributed by atoms with Crippen molar-refractivity contribution in [2.75, 3.05) is 26.8 Å². The van der Waals surface area contributed by atoms with Crippen LogP contribution in [0.1, 0.15) is 30.1 Å². The summed E-state index contributed by atoms with van der Waals surface area (Å²) in [7, 11) is 1.50. The molecule has 5 heteroatoms. The van der Waals surface area contributed by atoms with Crippen molar-refractivity contribution in [3.8, 4) is 11.5 Å². The molecule has 0 radical (unpaired) electrons. The maximum absolute atomic E-state index is 12.3. The molecule has 0 fully saturated rings. The van der Waals surface area contributed by atoms with Crippen LogP contribution >= 0.6 is 0 Å². The lowest BCUT2D eigenvalue weighted by Crippen LogP contribution is -2.34. The average molecular weight is 267 g/mol. The van der Waals surface area contributed by atoms with Gasteiger partial charge < -0.3 is 19.8 Å². The number of phenolic OH excluding ortho intramolecular Hbond substituents is 1. The molecular weight excluding hydrogens is 246 g/mol. The summed E-state index contributed by atoms with van der Waals surface area (Å²) in [6.45, 7) is 2.78. The zero-order valence-electron chi connectivity index (χ0n) is 11.4. The third-order valence-corrected chi connectivity index (χ3v) is 2.87. The van der Waals surface area contributed by atoms with E-state index in [0.29, 0.717) is 12.3 Å². The van der Waals surface area contributed by atoms with Crippen molar-refractivity contribution in [1.82, 2.24) is 4.90 Å². The van der Waals surface area contributed by atoms with E-state index in [1.165, 1.54) is 19.2 Å². The van der Waals surface area contributed by atoms with Crippen molar-refractivity contribution < 1.29 is 19.7 Å². The second-order valence-corrected chi connectivity index (χ2v) is 4.25. The van der Waals surface area contributed by atoms with Crippen LogP contribution in [0.15, 0.2) is 18.2 Å². The van der Waals surface area contributed by atoms with Gasteiger partial charge >= 0.3 is 0 Å². The standard InChI is InChI=1S/C14H21NO4/c1-3-4-7-15(8-9-16)14(18)12-6-5-11(19-2)10-13(12)17/h5-6,10,16-17H,3-4,7-9H2,1-2H3. The maximum atomic E-state index is 12.3. The van der Waals surface area contributed by atoms with Gasteiger partial charge in [-0.2, -0.15) is 0 Å². The fraction of sp³-hybridized carbons (Fsp3) is 0.500. The van der Waals surface area contributed by atoms with Gasteiger partial charge in [0.05, 0.1) is 19.3 Å². The molecule has 0 aromatic heterocycles. The van der Waals surface area contributed by atoms with Crippen molar-refractivity contribution in [2.24, 2.45) is 0 Å².